The number of aromatic nitrogens is 3. The molecule has 0 aliphatic rings. The van der Waals surface area contributed by atoms with Crippen LogP contribution in [0.3, 0.4) is 0 Å². The van der Waals surface area contributed by atoms with Crippen molar-refractivity contribution in [1.29, 1.82) is 0 Å². The maximum absolute atomic E-state index is 9.08. The van der Waals surface area contributed by atoms with Crippen molar-refractivity contribution < 1.29 is 14.7 Å². The third-order valence-corrected chi connectivity index (χ3v) is 1.75. The molecular weight excluding hydrogens is 240 g/mol. The Morgan fingerprint density at radius 3 is 2.28 bits per heavy atom. The van der Waals surface area contributed by atoms with E-state index in [1.807, 2.05) is 13.7 Å². The Hall–Kier alpha value is -2.00. The number of carbonyl (C=O) groups excluding carboxylic acids is 1. The maximum Gasteiger partial charge on any atom is 0.258 e. The Labute approximate surface area is 105 Å². The molecule has 9 nitrogen and oxygen atoms in total. The number of hydroxylamine groups is 1. The number of carbonyl (C=O) groups is 1. The van der Waals surface area contributed by atoms with Gasteiger partial charge in [0.1, 0.15) is 13.5 Å². The minimum Gasteiger partial charge on any atom is -0.374 e. The largest absolute Gasteiger partial charge is 0.374 e. The van der Waals surface area contributed by atoms with Gasteiger partial charge in [0.15, 0.2) is 0 Å². The van der Waals surface area contributed by atoms with Gasteiger partial charge in [-0.1, -0.05) is 13.3 Å². The normalized spacial score (nSPS) is 9.44. The van der Waals surface area contributed by atoms with Crippen LogP contribution in [0.5, 0.6) is 0 Å². The summed E-state index contributed by atoms with van der Waals surface area (Å²) >= 11 is 0. The van der Waals surface area contributed by atoms with E-state index in [1.165, 1.54) is 0 Å². The predicted octanol–water partition coefficient (Wildman–Crippen LogP) is -0.661. The molecule has 1 aromatic heterocycles. The molecule has 1 rings (SSSR count). The maximum atomic E-state index is 9.08. The van der Waals surface area contributed by atoms with Gasteiger partial charge in [-0.3, -0.25) is 4.84 Å². The van der Waals surface area contributed by atoms with Crippen LogP contribution in [-0.2, 0) is 9.63 Å². The molecule has 0 saturated heterocycles. The van der Waals surface area contributed by atoms with E-state index in [0.717, 1.165) is 17.9 Å². The summed E-state index contributed by atoms with van der Waals surface area (Å²) in [4.78, 5) is 24.5. The van der Waals surface area contributed by atoms with Crippen LogP contribution in [0.1, 0.15) is 19.8 Å². The van der Waals surface area contributed by atoms with Crippen molar-refractivity contribution in [2.75, 3.05) is 29.9 Å². The van der Waals surface area contributed by atoms with Crippen molar-refractivity contribution in [3.05, 3.63) is 0 Å². The summed E-state index contributed by atoms with van der Waals surface area (Å²) in [6.07, 6.45) is 1.85. The fraction of sp³-hybridized carbons (Fsp3) is 0.556. The SMILES string of the molecule is C=O.CCCCON(CO)c1nc(N)nc(N)n1. The number of nitrogen functional groups attached to an aromatic ring is 2. The first-order chi connectivity index (χ1) is 8.67. The Morgan fingerprint density at radius 1 is 1.28 bits per heavy atom. The second-order valence-corrected chi connectivity index (χ2v) is 3.06. The first-order valence-electron chi connectivity index (χ1n) is 5.24. The van der Waals surface area contributed by atoms with Crippen LogP contribution in [0.4, 0.5) is 17.8 Å². The number of nitrogens with two attached hydrogens (primary N) is 2. The van der Waals surface area contributed by atoms with Crippen LogP contribution in [0.15, 0.2) is 0 Å². The molecule has 0 aliphatic heterocycles. The van der Waals surface area contributed by atoms with Crippen LogP contribution in [0.25, 0.3) is 0 Å². The molecule has 5 N–H and O–H groups in total. The predicted molar refractivity (Wildman–Crippen MR) is 66.2 cm³/mol. The smallest absolute Gasteiger partial charge is 0.258 e. The number of aliphatic hydroxyl groups is 1. The Kier molecular flexibility index (Phi) is 8.07. The fourth-order valence-corrected chi connectivity index (χ4v) is 0.990. The molecule has 0 aliphatic carbocycles. The van der Waals surface area contributed by atoms with Gasteiger partial charge in [0.05, 0.1) is 6.61 Å². The highest BCUT2D eigenvalue weighted by Crippen LogP contribution is 2.10. The average Bonchev–Trinajstić information content (AvgIpc) is 2.36. The minimum absolute atomic E-state index is 0.0139. The van der Waals surface area contributed by atoms with Gasteiger partial charge in [-0.2, -0.15) is 20.0 Å². The fourth-order valence-electron chi connectivity index (χ4n) is 0.990. The molecule has 0 unspecified atom stereocenters. The summed E-state index contributed by atoms with van der Waals surface area (Å²) in [5, 5.41) is 10.2. The van der Waals surface area contributed by atoms with Crippen molar-refractivity contribution in [2.24, 2.45) is 0 Å². The first-order valence-corrected chi connectivity index (χ1v) is 5.24. The van der Waals surface area contributed by atoms with Gasteiger partial charge in [-0.15, -0.1) is 0 Å². The van der Waals surface area contributed by atoms with E-state index < -0.39 is 0 Å². The Balaban J connectivity index is 0.00000137. The number of hydrogen-bond acceptors (Lipinski definition) is 9. The van der Waals surface area contributed by atoms with Gasteiger partial charge in [0.2, 0.25) is 11.9 Å². The summed E-state index contributed by atoms with van der Waals surface area (Å²) in [5.74, 6) is 0.0729. The summed E-state index contributed by atoms with van der Waals surface area (Å²) in [6, 6.07) is 0. The molecule has 102 valence electrons. The number of rotatable bonds is 6. The second-order valence-electron chi connectivity index (χ2n) is 3.06. The second kappa shape index (κ2) is 9.07. The lowest BCUT2D eigenvalue weighted by atomic mass is 10.4. The summed E-state index contributed by atoms with van der Waals surface area (Å²) in [5.41, 5.74) is 10.8. The zero-order chi connectivity index (χ0) is 14.0. The van der Waals surface area contributed by atoms with E-state index >= 15 is 0 Å². The quantitative estimate of drug-likeness (QED) is 0.344. The Morgan fingerprint density at radius 2 is 1.83 bits per heavy atom. The van der Waals surface area contributed by atoms with E-state index in [0.29, 0.717) is 6.61 Å². The summed E-state index contributed by atoms with van der Waals surface area (Å²) in [7, 11) is 0. The number of hydrogen-bond donors (Lipinski definition) is 3. The zero-order valence-corrected chi connectivity index (χ0v) is 10.2. The van der Waals surface area contributed by atoms with E-state index in [9.17, 15) is 0 Å². The van der Waals surface area contributed by atoms with Gasteiger partial charge in [0.25, 0.3) is 5.95 Å². The molecule has 0 spiro atoms. The third-order valence-electron chi connectivity index (χ3n) is 1.75. The van der Waals surface area contributed by atoms with Gasteiger partial charge >= 0.3 is 0 Å². The molecule has 1 heterocycles. The molecule has 0 fully saturated rings. The van der Waals surface area contributed by atoms with Crippen molar-refractivity contribution in [2.45, 2.75) is 19.8 Å². The van der Waals surface area contributed by atoms with Crippen molar-refractivity contribution >= 4 is 24.6 Å². The highest BCUT2D eigenvalue weighted by Gasteiger charge is 2.11. The lowest BCUT2D eigenvalue weighted by Gasteiger charge is -2.18. The van der Waals surface area contributed by atoms with Crippen LogP contribution in [0.2, 0.25) is 0 Å². The average molecular weight is 258 g/mol. The zero-order valence-electron chi connectivity index (χ0n) is 10.2. The molecule has 18 heavy (non-hydrogen) atoms. The van der Waals surface area contributed by atoms with E-state index in [1.54, 1.807) is 0 Å². The van der Waals surface area contributed by atoms with Crippen molar-refractivity contribution in [3.63, 3.8) is 0 Å². The first kappa shape index (κ1) is 16.0. The molecule has 0 bridgehead atoms. The van der Waals surface area contributed by atoms with Gasteiger partial charge in [-0.25, -0.2) is 0 Å². The number of anilines is 3. The number of unbranched alkanes of at least 4 members (excludes halogenated alkanes) is 1. The van der Waals surface area contributed by atoms with Gasteiger partial charge in [-0.05, 0) is 6.42 Å². The molecule has 1 aromatic rings. The van der Waals surface area contributed by atoms with Crippen LogP contribution >= 0.6 is 0 Å². The van der Waals surface area contributed by atoms with Gasteiger partial charge in [0, 0.05) is 0 Å². The summed E-state index contributed by atoms with van der Waals surface area (Å²) in [6.45, 7) is 4.11. The molecule has 0 atom stereocenters. The standard InChI is InChI=1S/C8H16N6O2.CH2O/c1-2-3-4-16-14(5-15)8-12-6(9)11-7(10)13-8;1-2/h15H,2-5H2,1H3,(H4,9,10,11,12,13);1H2. The molecule has 0 amide bonds. The number of nitrogens with zero attached hydrogens (tertiary/aromatic N) is 4. The highest BCUT2D eigenvalue weighted by atomic mass is 16.7. The van der Waals surface area contributed by atoms with E-state index in [2.05, 4.69) is 15.0 Å². The van der Waals surface area contributed by atoms with Gasteiger partial charge < -0.3 is 21.4 Å². The summed E-state index contributed by atoms with van der Waals surface area (Å²) < 4.78 is 0. The van der Waals surface area contributed by atoms with Crippen LogP contribution in [-0.4, -0.2) is 40.2 Å². The topological polar surface area (TPSA) is 140 Å². The Bertz CT molecular complexity index is 331. The van der Waals surface area contributed by atoms with Crippen LogP contribution < -0.4 is 16.5 Å². The monoisotopic (exact) mass is 258 g/mol. The lowest BCUT2D eigenvalue weighted by molar-refractivity contribution is -0.0979. The lowest BCUT2D eigenvalue weighted by Crippen LogP contribution is -2.28. The van der Waals surface area contributed by atoms with Crippen molar-refractivity contribution in [3.8, 4) is 0 Å². The number of aliphatic hydroxyl groups excluding tert-OH is 1. The molecule has 0 radical (unpaired) electrons. The third kappa shape index (κ3) is 5.37. The van der Waals surface area contributed by atoms with E-state index in [4.69, 9.17) is 26.2 Å². The van der Waals surface area contributed by atoms with E-state index in [-0.39, 0.29) is 24.6 Å². The molecule has 0 saturated carbocycles. The molecule has 9 heteroatoms. The minimum atomic E-state index is -0.382. The molecular formula is C9H18N6O3. The highest BCUT2D eigenvalue weighted by molar-refractivity contribution is 5.37. The molecule has 0 aromatic carbocycles. The van der Waals surface area contributed by atoms with Crippen molar-refractivity contribution in [1.82, 2.24) is 15.0 Å². The van der Waals surface area contributed by atoms with Crippen LogP contribution in [0, 0.1) is 0 Å².